The summed E-state index contributed by atoms with van der Waals surface area (Å²) in [5.41, 5.74) is 1.91. The molecule has 0 aliphatic heterocycles. The van der Waals surface area contributed by atoms with Crippen LogP contribution in [0.5, 0.6) is 0 Å². The number of hydrogen-bond acceptors (Lipinski definition) is 3. The molecule has 1 aliphatic carbocycles. The molecule has 1 aromatic heterocycles. The number of carbonyl (C=O) groups excluding carboxylic acids is 1. The van der Waals surface area contributed by atoms with Crippen LogP contribution in [0.2, 0.25) is 0 Å². The molecule has 0 unspecified atom stereocenters. The molecule has 6 heteroatoms. The zero-order valence-electron chi connectivity index (χ0n) is 13.0. The van der Waals surface area contributed by atoms with Gasteiger partial charge < -0.3 is 15.6 Å². The van der Waals surface area contributed by atoms with Crippen LogP contribution in [-0.2, 0) is 0 Å². The second-order valence-corrected chi connectivity index (χ2v) is 7.20. The Kier molecular flexibility index (Phi) is 4.29. The summed E-state index contributed by atoms with van der Waals surface area (Å²) in [6.45, 7) is 2.66. The number of aromatic amines is 1. The van der Waals surface area contributed by atoms with Gasteiger partial charge in [-0.25, -0.2) is 9.78 Å². The number of fused-ring (bicyclic) bond motifs is 1. The molecule has 0 radical (unpaired) electrons. The number of nitrogens with zero attached hydrogens (tertiary/aromatic N) is 1. The highest BCUT2D eigenvalue weighted by molar-refractivity contribution is 8.00. The van der Waals surface area contributed by atoms with Gasteiger partial charge in [-0.2, -0.15) is 11.8 Å². The van der Waals surface area contributed by atoms with Gasteiger partial charge in [0.1, 0.15) is 5.82 Å². The van der Waals surface area contributed by atoms with Crippen molar-refractivity contribution < 1.29 is 4.79 Å². The molecule has 118 valence electrons. The van der Waals surface area contributed by atoms with Gasteiger partial charge in [0.2, 0.25) is 0 Å². The van der Waals surface area contributed by atoms with E-state index in [-0.39, 0.29) is 16.8 Å². The maximum atomic E-state index is 12.1. The van der Waals surface area contributed by atoms with Crippen molar-refractivity contribution in [1.82, 2.24) is 20.6 Å². The summed E-state index contributed by atoms with van der Waals surface area (Å²) in [6, 6.07) is 7.58. The first-order chi connectivity index (χ1) is 10.6. The SMILES string of the molecule is CSC1(CNC(=O)N[C@@H](C)c2nc3ccccc3[nH]2)CCC1. The molecular formula is C16H22N4OS. The number of thioether (sulfide) groups is 1. The van der Waals surface area contributed by atoms with Crippen molar-refractivity contribution in [3.8, 4) is 0 Å². The number of hydrogen-bond donors (Lipinski definition) is 3. The minimum absolute atomic E-state index is 0.131. The molecule has 1 atom stereocenters. The zero-order chi connectivity index (χ0) is 15.6. The van der Waals surface area contributed by atoms with E-state index in [0.717, 1.165) is 23.4 Å². The number of aromatic nitrogens is 2. The first-order valence-electron chi connectivity index (χ1n) is 7.66. The van der Waals surface area contributed by atoms with E-state index in [4.69, 9.17) is 0 Å². The van der Waals surface area contributed by atoms with Gasteiger partial charge in [-0.05, 0) is 38.2 Å². The molecule has 2 aromatic rings. The second kappa shape index (κ2) is 6.20. The summed E-state index contributed by atoms with van der Waals surface area (Å²) < 4.78 is 0.250. The highest BCUT2D eigenvalue weighted by Gasteiger charge is 2.36. The Bertz CT molecular complexity index is 626. The summed E-state index contributed by atoms with van der Waals surface area (Å²) >= 11 is 1.86. The lowest BCUT2D eigenvalue weighted by Crippen LogP contribution is -2.48. The van der Waals surface area contributed by atoms with Crippen molar-refractivity contribution in [2.75, 3.05) is 12.8 Å². The highest BCUT2D eigenvalue weighted by Crippen LogP contribution is 2.42. The van der Waals surface area contributed by atoms with Crippen LogP contribution < -0.4 is 10.6 Å². The maximum absolute atomic E-state index is 12.1. The Hall–Kier alpha value is -1.69. The molecule has 22 heavy (non-hydrogen) atoms. The first kappa shape index (κ1) is 15.2. The third-order valence-corrected chi connectivity index (χ3v) is 5.85. The smallest absolute Gasteiger partial charge is 0.315 e. The number of nitrogens with one attached hydrogen (secondary N) is 3. The molecule has 0 bridgehead atoms. The topological polar surface area (TPSA) is 69.8 Å². The van der Waals surface area contributed by atoms with Crippen LogP contribution >= 0.6 is 11.8 Å². The first-order valence-corrected chi connectivity index (χ1v) is 8.88. The maximum Gasteiger partial charge on any atom is 0.315 e. The van der Waals surface area contributed by atoms with Crippen LogP contribution in [0.25, 0.3) is 11.0 Å². The number of para-hydroxylation sites is 2. The van der Waals surface area contributed by atoms with E-state index in [2.05, 4.69) is 26.9 Å². The largest absolute Gasteiger partial charge is 0.340 e. The number of H-pyrrole nitrogens is 1. The van der Waals surface area contributed by atoms with Crippen molar-refractivity contribution >= 4 is 28.8 Å². The summed E-state index contributed by atoms with van der Waals surface area (Å²) in [7, 11) is 0. The van der Waals surface area contributed by atoms with Gasteiger partial charge in [0, 0.05) is 11.3 Å². The Morgan fingerprint density at radius 1 is 1.45 bits per heavy atom. The Balaban J connectivity index is 1.56. The summed E-state index contributed by atoms with van der Waals surface area (Å²) in [5.74, 6) is 0.777. The van der Waals surface area contributed by atoms with Gasteiger partial charge in [-0.3, -0.25) is 0 Å². The van der Waals surface area contributed by atoms with Gasteiger partial charge in [0.15, 0.2) is 0 Å². The lowest BCUT2D eigenvalue weighted by Gasteiger charge is -2.40. The van der Waals surface area contributed by atoms with Crippen LogP contribution in [0.15, 0.2) is 24.3 Å². The number of benzene rings is 1. The minimum Gasteiger partial charge on any atom is -0.340 e. The number of imidazole rings is 1. The normalized spacial score (nSPS) is 17.7. The standard InChI is InChI=1S/C16H22N4OS/c1-11(14-19-12-6-3-4-7-13(12)20-14)18-15(21)17-10-16(22-2)8-5-9-16/h3-4,6-7,11H,5,8-10H2,1-2H3,(H,19,20)(H2,17,18,21)/t11-/m0/s1. The summed E-state index contributed by atoms with van der Waals surface area (Å²) in [5, 5.41) is 5.95. The fourth-order valence-electron chi connectivity index (χ4n) is 2.76. The average molecular weight is 318 g/mol. The quantitative estimate of drug-likeness (QED) is 0.793. The third kappa shape index (κ3) is 3.06. The molecule has 2 amide bonds. The Morgan fingerprint density at radius 3 is 2.86 bits per heavy atom. The highest BCUT2D eigenvalue weighted by atomic mass is 32.2. The van der Waals surface area contributed by atoms with E-state index in [1.54, 1.807) is 0 Å². The monoisotopic (exact) mass is 318 g/mol. The van der Waals surface area contributed by atoms with Crippen molar-refractivity contribution in [2.24, 2.45) is 0 Å². The van der Waals surface area contributed by atoms with E-state index in [0.29, 0.717) is 0 Å². The molecule has 1 saturated carbocycles. The minimum atomic E-state index is -0.154. The lowest BCUT2D eigenvalue weighted by atomic mass is 9.84. The Morgan fingerprint density at radius 2 is 2.23 bits per heavy atom. The fraction of sp³-hybridized carbons (Fsp3) is 0.500. The van der Waals surface area contributed by atoms with Gasteiger partial charge in [-0.15, -0.1) is 0 Å². The molecule has 3 N–H and O–H groups in total. The molecule has 1 fully saturated rings. The number of rotatable bonds is 5. The molecule has 0 saturated heterocycles. The van der Waals surface area contributed by atoms with E-state index >= 15 is 0 Å². The van der Waals surface area contributed by atoms with Crippen molar-refractivity contribution in [2.45, 2.75) is 37.0 Å². The zero-order valence-corrected chi connectivity index (χ0v) is 13.8. The average Bonchev–Trinajstić information content (AvgIpc) is 2.90. The van der Waals surface area contributed by atoms with Gasteiger partial charge in [0.25, 0.3) is 0 Å². The number of amides is 2. The molecule has 1 aromatic carbocycles. The van der Waals surface area contributed by atoms with Crippen LogP contribution in [0.4, 0.5) is 4.79 Å². The van der Waals surface area contributed by atoms with Gasteiger partial charge >= 0.3 is 6.03 Å². The fourth-order valence-corrected chi connectivity index (χ4v) is 3.67. The van der Waals surface area contributed by atoms with Crippen LogP contribution in [-0.4, -0.2) is 33.5 Å². The van der Waals surface area contributed by atoms with E-state index in [9.17, 15) is 4.79 Å². The Labute approximate surface area is 134 Å². The third-order valence-electron chi connectivity index (χ3n) is 4.43. The van der Waals surface area contributed by atoms with E-state index in [1.807, 2.05) is 43.0 Å². The predicted molar refractivity (Wildman–Crippen MR) is 91.1 cm³/mol. The van der Waals surface area contributed by atoms with Crippen LogP contribution in [0, 0.1) is 0 Å². The number of urea groups is 1. The van der Waals surface area contributed by atoms with Crippen molar-refractivity contribution in [3.63, 3.8) is 0 Å². The molecule has 1 aliphatic rings. The predicted octanol–water partition coefficient (Wildman–Crippen LogP) is 3.21. The van der Waals surface area contributed by atoms with Crippen LogP contribution in [0.3, 0.4) is 0 Å². The molecule has 3 rings (SSSR count). The molecular weight excluding hydrogens is 296 g/mol. The lowest BCUT2D eigenvalue weighted by molar-refractivity contribution is 0.233. The van der Waals surface area contributed by atoms with Crippen molar-refractivity contribution in [3.05, 3.63) is 30.1 Å². The van der Waals surface area contributed by atoms with Crippen LogP contribution in [0.1, 0.15) is 38.1 Å². The van der Waals surface area contributed by atoms with Gasteiger partial charge in [-0.1, -0.05) is 18.6 Å². The number of carbonyl (C=O) groups is 1. The second-order valence-electron chi connectivity index (χ2n) is 5.93. The van der Waals surface area contributed by atoms with E-state index in [1.165, 1.54) is 19.3 Å². The molecule has 0 spiro atoms. The summed E-state index contributed by atoms with van der Waals surface area (Å²) in [4.78, 5) is 19.8. The molecule has 1 heterocycles. The van der Waals surface area contributed by atoms with Gasteiger partial charge in [0.05, 0.1) is 17.1 Å². The van der Waals surface area contributed by atoms with Crippen molar-refractivity contribution in [1.29, 1.82) is 0 Å². The summed E-state index contributed by atoms with van der Waals surface area (Å²) in [6.07, 6.45) is 5.76. The van der Waals surface area contributed by atoms with E-state index < -0.39 is 0 Å². The molecule has 5 nitrogen and oxygen atoms in total.